The second-order valence-electron chi connectivity index (χ2n) is 14.8. The van der Waals surface area contributed by atoms with Crippen molar-refractivity contribution in [2.45, 2.75) is 107 Å². The molecule has 2 bridgehead atoms. The SMILES string of the molecule is Cc1ccc(S(N)(=O)=O)c(C)c1C(=O)NC1CCC(CCC2C3CCC2CC(n2c(C)nc4ccccc42)C3)(c2ccccc2)CC1. The summed E-state index contributed by atoms with van der Waals surface area (Å²) >= 11 is 0. The maximum Gasteiger partial charge on any atom is 0.252 e. The number of sulfonamides is 1. The molecule has 1 heterocycles. The Morgan fingerprint density at radius 3 is 2.26 bits per heavy atom. The van der Waals surface area contributed by atoms with Crippen molar-refractivity contribution >= 4 is 27.0 Å². The summed E-state index contributed by atoms with van der Waals surface area (Å²) in [6, 6.07) is 23.4. The van der Waals surface area contributed by atoms with E-state index in [1.165, 1.54) is 55.7 Å². The van der Waals surface area contributed by atoms with Gasteiger partial charge in [0.2, 0.25) is 10.0 Å². The van der Waals surface area contributed by atoms with Crippen LogP contribution in [0.2, 0.25) is 0 Å². The van der Waals surface area contributed by atoms with E-state index in [0.717, 1.165) is 60.3 Å². The summed E-state index contributed by atoms with van der Waals surface area (Å²) in [7, 11) is -3.91. The van der Waals surface area contributed by atoms with Gasteiger partial charge in [-0.2, -0.15) is 0 Å². The minimum Gasteiger partial charge on any atom is -0.349 e. The molecule has 3 aromatic carbocycles. The van der Waals surface area contributed by atoms with Crippen LogP contribution in [0.15, 0.2) is 71.6 Å². The second-order valence-corrected chi connectivity index (χ2v) is 16.3. The van der Waals surface area contributed by atoms with Gasteiger partial charge in [0.05, 0.1) is 15.9 Å². The van der Waals surface area contributed by atoms with Crippen molar-refractivity contribution in [2.75, 3.05) is 0 Å². The van der Waals surface area contributed by atoms with Crippen LogP contribution < -0.4 is 10.5 Å². The second kappa shape index (κ2) is 12.5. The molecule has 3 N–H and O–H groups in total. The topological polar surface area (TPSA) is 107 Å². The van der Waals surface area contributed by atoms with Crippen LogP contribution >= 0.6 is 0 Å². The summed E-state index contributed by atoms with van der Waals surface area (Å²) in [4.78, 5) is 18.4. The molecule has 47 heavy (non-hydrogen) atoms. The van der Waals surface area contributed by atoms with Gasteiger partial charge in [0, 0.05) is 17.6 Å². The van der Waals surface area contributed by atoms with Crippen LogP contribution in [0, 0.1) is 38.5 Å². The molecule has 4 aromatic rings. The summed E-state index contributed by atoms with van der Waals surface area (Å²) in [6.07, 6.45) is 11.5. The molecule has 1 aromatic heterocycles. The van der Waals surface area contributed by atoms with Crippen molar-refractivity contribution in [3.05, 3.63) is 94.8 Å². The molecule has 8 heteroatoms. The zero-order chi connectivity index (χ0) is 32.9. The maximum atomic E-state index is 13.5. The molecular formula is C39H48N4O3S. The van der Waals surface area contributed by atoms with E-state index in [9.17, 15) is 13.2 Å². The van der Waals surface area contributed by atoms with Gasteiger partial charge < -0.3 is 9.88 Å². The average Bonchev–Trinajstić information content (AvgIpc) is 3.50. The van der Waals surface area contributed by atoms with Gasteiger partial charge in [-0.3, -0.25) is 4.79 Å². The minimum atomic E-state index is -3.91. The van der Waals surface area contributed by atoms with Crippen molar-refractivity contribution < 1.29 is 13.2 Å². The number of para-hydroxylation sites is 2. The molecule has 7 nitrogen and oxygen atoms in total. The number of imidazole rings is 1. The Morgan fingerprint density at radius 1 is 0.915 bits per heavy atom. The van der Waals surface area contributed by atoms with Crippen LogP contribution in [-0.2, 0) is 15.4 Å². The number of nitrogens with one attached hydrogen (secondary N) is 1. The van der Waals surface area contributed by atoms with Gasteiger partial charge in [0.25, 0.3) is 5.91 Å². The first-order chi connectivity index (χ1) is 22.5. The number of nitrogens with two attached hydrogens (primary N) is 1. The third-order valence-electron chi connectivity index (χ3n) is 12.2. The first-order valence-corrected chi connectivity index (χ1v) is 19.0. The summed E-state index contributed by atoms with van der Waals surface area (Å²) in [6.45, 7) is 5.68. The minimum absolute atomic E-state index is 0.0106. The number of rotatable bonds is 8. The largest absolute Gasteiger partial charge is 0.349 e. The fraction of sp³-hybridized carbons (Fsp3) is 0.487. The van der Waals surface area contributed by atoms with Crippen LogP contribution in [0.5, 0.6) is 0 Å². The molecule has 3 saturated carbocycles. The number of fused-ring (bicyclic) bond motifs is 3. The van der Waals surface area contributed by atoms with E-state index in [-0.39, 0.29) is 22.3 Å². The molecule has 7 rings (SSSR count). The number of carbonyl (C=O) groups excluding carboxylic acids is 1. The number of amides is 1. The summed E-state index contributed by atoms with van der Waals surface area (Å²) < 4.78 is 26.8. The first-order valence-electron chi connectivity index (χ1n) is 17.5. The fourth-order valence-corrected chi connectivity index (χ4v) is 10.7. The van der Waals surface area contributed by atoms with Crippen molar-refractivity contribution in [3.63, 3.8) is 0 Å². The van der Waals surface area contributed by atoms with Gasteiger partial charge in [0.15, 0.2) is 0 Å². The number of aryl methyl sites for hydroxylation is 2. The van der Waals surface area contributed by atoms with Crippen molar-refractivity contribution in [1.82, 2.24) is 14.9 Å². The Hall–Kier alpha value is -3.49. The molecule has 0 saturated heterocycles. The molecule has 0 spiro atoms. The van der Waals surface area contributed by atoms with Gasteiger partial charge in [-0.25, -0.2) is 18.5 Å². The lowest BCUT2D eigenvalue weighted by Crippen LogP contribution is -2.43. The molecule has 1 amide bonds. The van der Waals surface area contributed by atoms with Gasteiger partial charge in [0.1, 0.15) is 5.82 Å². The number of nitrogens with zero attached hydrogens (tertiary/aromatic N) is 2. The standard InChI is InChI=1S/C39H48N4O3S/c1-25-13-16-36(47(40,45)46)26(2)37(25)38(44)42-31-17-20-39(21-18-31,30-9-5-4-6-10-30)22-19-33-28-14-15-29(33)24-32(23-28)43-27(3)41-34-11-7-8-12-35(34)43/h4-13,16,28-29,31-33H,14-15,17-24H2,1-3H3,(H,42,44)(H2,40,45,46). The number of hydrogen-bond acceptors (Lipinski definition) is 4. The van der Waals surface area contributed by atoms with Crippen LogP contribution in [-0.4, -0.2) is 29.9 Å². The van der Waals surface area contributed by atoms with E-state index >= 15 is 0 Å². The number of carbonyl (C=O) groups is 1. The molecule has 2 unspecified atom stereocenters. The lowest BCUT2D eigenvalue weighted by molar-refractivity contribution is 0.0908. The Morgan fingerprint density at radius 2 is 1.57 bits per heavy atom. The van der Waals surface area contributed by atoms with Gasteiger partial charge in [-0.15, -0.1) is 0 Å². The first kappa shape index (κ1) is 32.1. The van der Waals surface area contributed by atoms with Crippen molar-refractivity contribution in [3.8, 4) is 0 Å². The van der Waals surface area contributed by atoms with Crippen LogP contribution in [0.1, 0.15) is 103 Å². The summed E-state index contributed by atoms with van der Waals surface area (Å²) in [5.74, 6) is 3.24. The predicted molar refractivity (Wildman–Crippen MR) is 187 cm³/mol. The lowest BCUT2D eigenvalue weighted by Gasteiger charge is -2.43. The van der Waals surface area contributed by atoms with Crippen molar-refractivity contribution in [2.24, 2.45) is 22.9 Å². The molecular weight excluding hydrogens is 605 g/mol. The number of primary sulfonamides is 1. The highest BCUT2D eigenvalue weighted by molar-refractivity contribution is 7.89. The van der Waals surface area contributed by atoms with Gasteiger partial charge >= 0.3 is 0 Å². The van der Waals surface area contributed by atoms with Crippen LogP contribution in [0.25, 0.3) is 11.0 Å². The van der Waals surface area contributed by atoms with Gasteiger partial charge in [-0.1, -0.05) is 48.5 Å². The van der Waals surface area contributed by atoms with E-state index < -0.39 is 10.0 Å². The molecule has 3 aliphatic rings. The fourth-order valence-electron chi connectivity index (χ4n) is 9.91. The van der Waals surface area contributed by atoms with E-state index in [1.807, 2.05) is 6.92 Å². The number of aromatic nitrogens is 2. The monoisotopic (exact) mass is 652 g/mol. The van der Waals surface area contributed by atoms with Crippen LogP contribution in [0.4, 0.5) is 0 Å². The third-order valence-corrected chi connectivity index (χ3v) is 13.2. The van der Waals surface area contributed by atoms with Crippen LogP contribution in [0.3, 0.4) is 0 Å². The third kappa shape index (κ3) is 6.04. The molecule has 2 atom stereocenters. The zero-order valence-electron chi connectivity index (χ0n) is 27.9. The molecule has 0 aliphatic heterocycles. The smallest absolute Gasteiger partial charge is 0.252 e. The number of hydrogen-bond donors (Lipinski definition) is 2. The Balaban J connectivity index is 1.04. The summed E-state index contributed by atoms with van der Waals surface area (Å²) in [5.41, 5.74) is 5.51. The highest BCUT2D eigenvalue weighted by Gasteiger charge is 2.45. The highest BCUT2D eigenvalue weighted by atomic mass is 32.2. The molecule has 248 valence electrons. The van der Waals surface area contributed by atoms with Gasteiger partial charge in [-0.05, 0) is 143 Å². The Bertz CT molecular complexity index is 1880. The van der Waals surface area contributed by atoms with E-state index in [2.05, 4.69) is 71.4 Å². The Labute approximate surface area is 279 Å². The van der Waals surface area contributed by atoms with E-state index in [4.69, 9.17) is 10.1 Å². The van der Waals surface area contributed by atoms with E-state index in [0.29, 0.717) is 17.2 Å². The molecule has 3 aliphatic carbocycles. The highest BCUT2D eigenvalue weighted by Crippen LogP contribution is 2.55. The normalized spacial score (nSPS) is 27.6. The maximum absolute atomic E-state index is 13.5. The zero-order valence-corrected chi connectivity index (χ0v) is 28.7. The summed E-state index contributed by atoms with van der Waals surface area (Å²) in [5, 5.41) is 8.71. The molecule has 3 fully saturated rings. The Kier molecular flexibility index (Phi) is 8.54. The van der Waals surface area contributed by atoms with E-state index in [1.54, 1.807) is 13.0 Å². The quantitative estimate of drug-likeness (QED) is 0.204. The molecule has 0 radical (unpaired) electrons. The lowest BCUT2D eigenvalue weighted by atomic mass is 9.63. The average molecular weight is 653 g/mol. The predicted octanol–water partition coefficient (Wildman–Crippen LogP) is 7.68. The number of benzene rings is 3. The van der Waals surface area contributed by atoms with Crippen molar-refractivity contribution in [1.29, 1.82) is 0 Å².